The molecule has 0 aliphatic carbocycles. The van der Waals surface area contributed by atoms with Gasteiger partial charge in [-0.2, -0.15) is 0 Å². The monoisotopic (exact) mass is 556 g/mol. The second kappa shape index (κ2) is 11.3. The normalized spacial score (nSPS) is 11.9. The molecule has 202 valence electrons. The van der Waals surface area contributed by atoms with E-state index >= 15 is 0 Å². The maximum atomic E-state index is 14.0. The Bertz CT molecular complexity index is 1400. The van der Waals surface area contributed by atoms with Crippen LogP contribution in [-0.4, -0.2) is 23.0 Å². The molecule has 0 aliphatic heterocycles. The summed E-state index contributed by atoms with van der Waals surface area (Å²) in [5.41, 5.74) is -0.548. The number of carbonyl (C=O) groups excluding carboxylic acids is 2. The number of amides is 2. The summed E-state index contributed by atoms with van der Waals surface area (Å²) in [5, 5.41) is 14.4. The van der Waals surface area contributed by atoms with Crippen LogP contribution in [0, 0.1) is 48.9 Å². The highest BCUT2D eigenvalue weighted by Crippen LogP contribution is 2.35. The fraction of sp³-hybridized carbons (Fsp3) is 0.231. The smallest absolute Gasteiger partial charge is 0.265 e. The molecule has 3 rings (SSSR count). The maximum absolute atomic E-state index is 14.0. The lowest BCUT2D eigenvalue weighted by Crippen LogP contribution is -2.37. The number of aryl methyl sites for hydroxylation is 2. The van der Waals surface area contributed by atoms with Crippen LogP contribution in [0.15, 0.2) is 30.3 Å². The number of rotatable bonds is 7. The van der Waals surface area contributed by atoms with Gasteiger partial charge in [-0.1, -0.05) is 43.1 Å². The Morgan fingerprint density at radius 3 is 2.00 bits per heavy atom. The summed E-state index contributed by atoms with van der Waals surface area (Å²) in [6.45, 7) is 7.24. The SMILES string of the molecule is Cc1ccc(OC(C(=O)Nc2cc(O)c(NC(=O)c3c(F)c(F)c(F)c(F)c3F)cc2Cl)C(C)C)c(C)c1. The van der Waals surface area contributed by atoms with Crippen LogP contribution >= 0.6 is 11.6 Å². The predicted octanol–water partition coefficient (Wildman–Crippen LogP) is 6.65. The number of hydrogen-bond donors (Lipinski definition) is 3. The summed E-state index contributed by atoms with van der Waals surface area (Å²) in [4.78, 5) is 25.3. The molecule has 3 aromatic rings. The van der Waals surface area contributed by atoms with Crippen LogP contribution in [0.3, 0.4) is 0 Å². The van der Waals surface area contributed by atoms with Crippen LogP contribution in [0.2, 0.25) is 5.02 Å². The summed E-state index contributed by atoms with van der Waals surface area (Å²) >= 11 is 6.16. The van der Waals surface area contributed by atoms with Crippen molar-refractivity contribution in [2.45, 2.75) is 33.8 Å². The molecule has 0 saturated carbocycles. The molecule has 0 aliphatic rings. The van der Waals surface area contributed by atoms with Crippen molar-refractivity contribution in [3.63, 3.8) is 0 Å². The molecule has 6 nitrogen and oxygen atoms in total. The molecule has 0 fully saturated rings. The first-order valence-corrected chi connectivity index (χ1v) is 11.5. The topological polar surface area (TPSA) is 87.7 Å². The Morgan fingerprint density at radius 1 is 0.868 bits per heavy atom. The minimum atomic E-state index is -2.43. The number of carbonyl (C=O) groups is 2. The molecule has 0 bridgehead atoms. The van der Waals surface area contributed by atoms with E-state index < -0.39 is 64.0 Å². The van der Waals surface area contributed by atoms with Crippen molar-refractivity contribution in [2.24, 2.45) is 5.92 Å². The van der Waals surface area contributed by atoms with E-state index in [1.165, 1.54) is 0 Å². The average molecular weight is 557 g/mol. The van der Waals surface area contributed by atoms with E-state index in [2.05, 4.69) is 5.32 Å². The number of nitrogens with one attached hydrogen (secondary N) is 2. The van der Waals surface area contributed by atoms with Crippen LogP contribution < -0.4 is 15.4 Å². The largest absolute Gasteiger partial charge is 0.506 e. The summed E-state index contributed by atoms with van der Waals surface area (Å²) in [6.07, 6.45) is -0.969. The van der Waals surface area contributed by atoms with Crippen molar-refractivity contribution in [3.05, 3.63) is 81.1 Å². The molecule has 38 heavy (non-hydrogen) atoms. The van der Waals surface area contributed by atoms with E-state index in [4.69, 9.17) is 16.3 Å². The van der Waals surface area contributed by atoms with Gasteiger partial charge in [0, 0.05) is 6.07 Å². The van der Waals surface area contributed by atoms with E-state index in [-0.39, 0.29) is 16.6 Å². The molecule has 0 heterocycles. The van der Waals surface area contributed by atoms with Gasteiger partial charge in [0.25, 0.3) is 11.8 Å². The standard InChI is InChI=1S/C26H22ClF5N2O4/c1-10(2)24(38-17-6-5-11(3)7-12(17)4)26(37)33-14-9-16(35)15(8-13(14)27)34-25(36)18-19(28)21(30)23(32)22(31)20(18)29/h5-10,24,35H,1-4H3,(H,33,37)(H,34,36). The van der Waals surface area contributed by atoms with E-state index in [1.54, 1.807) is 19.9 Å². The molecule has 0 saturated heterocycles. The zero-order chi connectivity index (χ0) is 28.5. The number of hydrogen-bond acceptors (Lipinski definition) is 4. The van der Waals surface area contributed by atoms with Gasteiger partial charge in [-0.15, -0.1) is 0 Å². The van der Waals surface area contributed by atoms with Gasteiger partial charge in [0.1, 0.15) is 17.1 Å². The Balaban J connectivity index is 1.83. The van der Waals surface area contributed by atoms with Gasteiger partial charge >= 0.3 is 0 Å². The average Bonchev–Trinajstić information content (AvgIpc) is 2.83. The van der Waals surface area contributed by atoms with Crippen molar-refractivity contribution < 1.29 is 41.4 Å². The lowest BCUT2D eigenvalue weighted by molar-refractivity contribution is -0.124. The fourth-order valence-electron chi connectivity index (χ4n) is 3.51. The number of phenolic OH excluding ortho intramolecular Hbond substituents is 1. The van der Waals surface area contributed by atoms with Crippen LogP contribution in [0.1, 0.15) is 35.3 Å². The lowest BCUT2D eigenvalue weighted by atomic mass is 10.1. The van der Waals surface area contributed by atoms with E-state index in [9.17, 15) is 36.6 Å². The molecule has 12 heteroatoms. The number of benzene rings is 3. The second-order valence-corrected chi connectivity index (χ2v) is 9.20. The summed E-state index contributed by atoms with van der Waals surface area (Å²) in [7, 11) is 0. The van der Waals surface area contributed by atoms with Gasteiger partial charge in [-0.25, -0.2) is 22.0 Å². The Morgan fingerprint density at radius 2 is 1.45 bits per heavy atom. The highest BCUT2D eigenvalue weighted by atomic mass is 35.5. The first-order chi connectivity index (χ1) is 17.7. The maximum Gasteiger partial charge on any atom is 0.265 e. The number of anilines is 2. The molecular formula is C26H22ClF5N2O4. The third-order valence-corrected chi connectivity index (χ3v) is 5.79. The minimum absolute atomic E-state index is 0.0988. The van der Waals surface area contributed by atoms with Gasteiger partial charge < -0.3 is 20.5 Å². The van der Waals surface area contributed by atoms with Crippen molar-refractivity contribution in [1.29, 1.82) is 0 Å². The van der Waals surface area contributed by atoms with Crippen LogP contribution in [0.4, 0.5) is 33.3 Å². The highest BCUT2D eigenvalue weighted by molar-refractivity contribution is 6.34. The Hall–Kier alpha value is -3.86. The molecule has 2 amide bonds. The zero-order valence-electron chi connectivity index (χ0n) is 20.5. The van der Waals surface area contributed by atoms with E-state index in [0.29, 0.717) is 5.75 Å². The van der Waals surface area contributed by atoms with Gasteiger partial charge in [0.2, 0.25) is 5.82 Å². The Kier molecular flexibility index (Phi) is 8.51. The Labute approximate surface area is 219 Å². The zero-order valence-corrected chi connectivity index (χ0v) is 21.2. The third-order valence-electron chi connectivity index (χ3n) is 5.48. The second-order valence-electron chi connectivity index (χ2n) is 8.79. The van der Waals surface area contributed by atoms with Gasteiger partial charge in [-0.05, 0) is 37.5 Å². The summed E-state index contributed by atoms with van der Waals surface area (Å²) in [5.74, 6) is -14.6. The number of halogens is 6. The fourth-order valence-corrected chi connectivity index (χ4v) is 3.72. The van der Waals surface area contributed by atoms with E-state index in [0.717, 1.165) is 23.3 Å². The molecule has 3 aromatic carbocycles. The molecule has 0 aromatic heterocycles. The van der Waals surface area contributed by atoms with Crippen LogP contribution in [0.25, 0.3) is 0 Å². The molecular weight excluding hydrogens is 535 g/mol. The van der Waals surface area contributed by atoms with Crippen LogP contribution in [0.5, 0.6) is 11.5 Å². The molecule has 0 spiro atoms. The van der Waals surface area contributed by atoms with Crippen molar-refractivity contribution in [3.8, 4) is 11.5 Å². The van der Waals surface area contributed by atoms with Crippen LogP contribution in [-0.2, 0) is 4.79 Å². The first-order valence-electron chi connectivity index (χ1n) is 11.1. The minimum Gasteiger partial charge on any atom is -0.506 e. The van der Waals surface area contributed by atoms with Gasteiger partial charge in [0.05, 0.1) is 16.4 Å². The summed E-state index contributed by atoms with van der Waals surface area (Å²) in [6, 6.07) is 7.30. The highest BCUT2D eigenvalue weighted by Gasteiger charge is 2.31. The first kappa shape index (κ1) is 28.7. The number of ether oxygens (including phenoxy) is 1. The lowest BCUT2D eigenvalue weighted by Gasteiger charge is -2.23. The van der Waals surface area contributed by atoms with Gasteiger partial charge in [0.15, 0.2) is 29.4 Å². The molecule has 1 unspecified atom stereocenters. The number of aromatic hydroxyl groups is 1. The quantitative estimate of drug-likeness (QED) is 0.132. The predicted molar refractivity (Wildman–Crippen MR) is 131 cm³/mol. The number of phenols is 1. The van der Waals surface area contributed by atoms with Crippen molar-refractivity contribution in [1.82, 2.24) is 0 Å². The summed E-state index contributed by atoms with van der Waals surface area (Å²) < 4.78 is 74.0. The van der Waals surface area contributed by atoms with Crippen molar-refractivity contribution >= 4 is 34.8 Å². The van der Waals surface area contributed by atoms with Crippen molar-refractivity contribution in [2.75, 3.05) is 10.6 Å². The van der Waals surface area contributed by atoms with E-state index in [1.807, 2.05) is 31.3 Å². The molecule has 1 atom stereocenters. The third kappa shape index (κ3) is 5.83. The molecule has 3 N–H and O–H groups in total. The molecule has 0 radical (unpaired) electrons. The van der Waals surface area contributed by atoms with Gasteiger partial charge in [-0.3, -0.25) is 9.59 Å².